The molecular formula is C31H32N2O6. The average molecular weight is 529 g/mol. The van der Waals surface area contributed by atoms with E-state index in [1.165, 1.54) is 0 Å². The van der Waals surface area contributed by atoms with Crippen LogP contribution in [0.5, 0.6) is 0 Å². The van der Waals surface area contributed by atoms with Crippen LogP contribution < -0.4 is 10.6 Å². The van der Waals surface area contributed by atoms with E-state index in [4.69, 9.17) is 9.47 Å². The first kappa shape index (κ1) is 26.4. The third kappa shape index (κ3) is 5.81. The third-order valence-corrected chi connectivity index (χ3v) is 7.63. The summed E-state index contributed by atoms with van der Waals surface area (Å²) in [4.78, 5) is 37.6. The fourth-order valence-electron chi connectivity index (χ4n) is 5.10. The van der Waals surface area contributed by atoms with Gasteiger partial charge >= 0.3 is 12.1 Å². The van der Waals surface area contributed by atoms with Crippen molar-refractivity contribution in [2.45, 2.75) is 44.4 Å². The summed E-state index contributed by atoms with van der Waals surface area (Å²) >= 11 is 0. The van der Waals surface area contributed by atoms with Crippen molar-refractivity contribution < 1.29 is 29.0 Å². The molecule has 39 heavy (non-hydrogen) atoms. The molecule has 8 heteroatoms. The number of benzene rings is 3. The predicted octanol–water partition coefficient (Wildman–Crippen LogP) is 4.48. The number of carboxylic acid groups (broad SMARTS) is 1. The van der Waals surface area contributed by atoms with Crippen molar-refractivity contribution in [3.63, 3.8) is 0 Å². The predicted molar refractivity (Wildman–Crippen MR) is 145 cm³/mol. The second kappa shape index (κ2) is 11.3. The zero-order chi connectivity index (χ0) is 27.4. The van der Waals surface area contributed by atoms with Crippen LogP contribution >= 0.6 is 0 Å². The van der Waals surface area contributed by atoms with Gasteiger partial charge in [-0.05, 0) is 47.6 Å². The highest BCUT2D eigenvalue weighted by Gasteiger charge is 2.51. The van der Waals surface area contributed by atoms with Gasteiger partial charge in [0, 0.05) is 12.5 Å². The molecule has 0 spiro atoms. The SMILES string of the molecule is C[C@H](OCc1ccccc1)[C@@H](NC(=O)C1(CNC(=O)OCC2c3ccccc3-c3ccccc32)CC1)C(=O)O. The lowest BCUT2D eigenvalue weighted by molar-refractivity contribution is -0.147. The van der Waals surface area contributed by atoms with Gasteiger partial charge in [0.05, 0.1) is 18.1 Å². The molecule has 3 aromatic carbocycles. The number of hydrogen-bond acceptors (Lipinski definition) is 5. The third-order valence-electron chi connectivity index (χ3n) is 7.63. The molecule has 2 aliphatic carbocycles. The molecule has 3 N–H and O–H groups in total. The number of rotatable bonds is 11. The van der Waals surface area contributed by atoms with Gasteiger partial charge in [-0.3, -0.25) is 4.79 Å². The van der Waals surface area contributed by atoms with Gasteiger partial charge in [-0.15, -0.1) is 0 Å². The number of amides is 2. The highest BCUT2D eigenvalue weighted by Crippen LogP contribution is 2.46. The van der Waals surface area contributed by atoms with Crippen LogP contribution in [0.2, 0.25) is 0 Å². The Kier molecular flexibility index (Phi) is 7.65. The lowest BCUT2D eigenvalue weighted by atomic mass is 9.98. The maximum absolute atomic E-state index is 13.1. The number of ether oxygens (including phenoxy) is 2. The van der Waals surface area contributed by atoms with Gasteiger partial charge in [0.2, 0.25) is 5.91 Å². The van der Waals surface area contributed by atoms with Crippen LogP contribution in [-0.2, 0) is 25.7 Å². The first-order chi connectivity index (χ1) is 18.9. The highest BCUT2D eigenvalue weighted by atomic mass is 16.5. The first-order valence-corrected chi connectivity index (χ1v) is 13.2. The van der Waals surface area contributed by atoms with Crippen molar-refractivity contribution >= 4 is 18.0 Å². The molecule has 3 aromatic rings. The lowest BCUT2D eigenvalue weighted by Gasteiger charge is -2.24. The van der Waals surface area contributed by atoms with Gasteiger partial charge in [-0.25, -0.2) is 9.59 Å². The number of carboxylic acids is 1. The normalized spacial score (nSPS) is 16.3. The Hall–Kier alpha value is -4.17. The molecule has 1 saturated carbocycles. The smallest absolute Gasteiger partial charge is 0.407 e. The quantitative estimate of drug-likeness (QED) is 0.338. The number of nitrogens with one attached hydrogen (secondary N) is 2. The van der Waals surface area contributed by atoms with Crippen molar-refractivity contribution in [2.24, 2.45) is 5.41 Å². The number of fused-ring (bicyclic) bond motifs is 3. The van der Waals surface area contributed by atoms with Crippen molar-refractivity contribution in [2.75, 3.05) is 13.2 Å². The van der Waals surface area contributed by atoms with Crippen LogP contribution in [0.15, 0.2) is 78.9 Å². The maximum Gasteiger partial charge on any atom is 0.407 e. The molecule has 0 saturated heterocycles. The number of aliphatic carboxylic acids is 1. The van der Waals surface area contributed by atoms with Crippen molar-refractivity contribution in [3.8, 4) is 11.1 Å². The molecule has 2 amide bonds. The molecule has 2 aliphatic rings. The number of alkyl carbamates (subject to hydrolysis) is 1. The van der Waals surface area contributed by atoms with Gasteiger partial charge < -0.3 is 25.2 Å². The van der Waals surface area contributed by atoms with Gasteiger partial charge in [0.1, 0.15) is 6.61 Å². The van der Waals surface area contributed by atoms with Crippen molar-refractivity contribution in [3.05, 3.63) is 95.6 Å². The Morgan fingerprint density at radius 2 is 1.51 bits per heavy atom. The zero-order valence-corrected chi connectivity index (χ0v) is 21.8. The molecule has 0 aromatic heterocycles. The molecule has 0 unspecified atom stereocenters. The van der Waals surface area contributed by atoms with Crippen LogP contribution in [0.3, 0.4) is 0 Å². The highest BCUT2D eigenvalue weighted by molar-refractivity contribution is 5.90. The second-order valence-corrected chi connectivity index (χ2v) is 10.3. The molecule has 0 heterocycles. The molecule has 5 rings (SSSR count). The summed E-state index contributed by atoms with van der Waals surface area (Å²) in [6.45, 7) is 2.10. The van der Waals surface area contributed by atoms with E-state index in [1.807, 2.05) is 66.7 Å². The van der Waals surface area contributed by atoms with E-state index in [0.717, 1.165) is 27.8 Å². The van der Waals surface area contributed by atoms with Crippen molar-refractivity contribution in [1.82, 2.24) is 10.6 Å². The van der Waals surface area contributed by atoms with Gasteiger partial charge in [0.25, 0.3) is 0 Å². The minimum atomic E-state index is -1.21. The standard InChI is InChI=1S/C31H32N2O6/c1-20(38-17-21-9-3-2-4-10-21)27(28(34)35)33-29(36)31(15-16-31)19-32-30(37)39-18-26-24-13-7-5-11-22(24)23-12-6-8-14-25(23)26/h2-14,20,26-27H,15-19H2,1H3,(H,32,37)(H,33,36)(H,34,35)/t20-,27+/m0/s1. The topological polar surface area (TPSA) is 114 Å². The average Bonchev–Trinajstić information content (AvgIpc) is 3.69. The van der Waals surface area contributed by atoms with E-state index < -0.39 is 35.5 Å². The van der Waals surface area contributed by atoms with Crippen LogP contribution in [0.25, 0.3) is 11.1 Å². The molecule has 0 aliphatic heterocycles. The van der Waals surface area contributed by atoms with Crippen LogP contribution in [-0.4, -0.2) is 48.4 Å². The molecule has 8 nitrogen and oxygen atoms in total. The molecule has 0 bridgehead atoms. The fraction of sp³-hybridized carbons (Fsp3) is 0.323. The Labute approximate surface area is 227 Å². The number of carbonyl (C=O) groups is 3. The Bertz CT molecular complexity index is 1310. The largest absolute Gasteiger partial charge is 0.480 e. The summed E-state index contributed by atoms with van der Waals surface area (Å²) in [5.74, 6) is -1.65. The van der Waals surface area contributed by atoms with Gasteiger partial charge in [-0.2, -0.15) is 0 Å². The van der Waals surface area contributed by atoms with Crippen LogP contribution in [0, 0.1) is 5.41 Å². The van der Waals surface area contributed by atoms with E-state index in [2.05, 4.69) is 22.8 Å². The monoisotopic (exact) mass is 528 g/mol. The lowest BCUT2D eigenvalue weighted by Crippen LogP contribution is -2.52. The van der Waals surface area contributed by atoms with Gasteiger partial charge in [0.15, 0.2) is 6.04 Å². The number of hydrogen-bond donors (Lipinski definition) is 3. The summed E-state index contributed by atoms with van der Waals surface area (Å²) in [6, 6.07) is 24.4. The number of carbonyl (C=O) groups excluding carboxylic acids is 2. The summed E-state index contributed by atoms with van der Waals surface area (Å²) in [5, 5.41) is 15.1. The van der Waals surface area contributed by atoms with Crippen LogP contribution in [0.4, 0.5) is 4.79 Å². The Morgan fingerprint density at radius 3 is 2.10 bits per heavy atom. The van der Waals surface area contributed by atoms with Crippen LogP contribution in [0.1, 0.15) is 42.4 Å². The maximum atomic E-state index is 13.1. The summed E-state index contributed by atoms with van der Waals surface area (Å²) in [7, 11) is 0. The minimum Gasteiger partial charge on any atom is -0.480 e. The van der Waals surface area contributed by atoms with E-state index in [1.54, 1.807) is 6.92 Å². The minimum absolute atomic E-state index is 0.0602. The summed E-state index contributed by atoms with van der Waals surface area (Å²) in [5.41, 5.74) is 4.58. The molecule has 1 fully saturated rings. The second-order valence-electron chi connectivity index (χ2n) is 10.3. The van der Waals surface area contributed by atoms with E-state index in [-0.39, 0.29) is 25.7 Å². The molecule has 202 valence electrons. The molecule has 2 atom stereocenters. The Morgan fingerprint density at radius 1 is 0.923 bits per heavy atom. The van der Waals surface area contributed by atoms with E-state index in [0.29, 0.717) is 12.8 Å². The van der Waals surface area contributed by atoms with Crippen molar-refractivity contribution in [1.29, 1.82) is 0 Å². The molecular weight excluding hydrogens is 496 g/mol. The fourth-order valence-corrected chi connectivity index (χ4v) is 5.10. The first-order valence-electron chi connectivity index (χ1n) is 13.2. The van der Waals surface area contributed by atoms with E-state index in [9.17, 15) is 19.5 Å². The van der Waals surface area contributed by atoms with E-state index >= 15 is 0 Å². The Balaban J connectivity index is 1.13. The summed E-state index contributed by atoms with van der Waals surface area (Å²) < 4.78 is 11.3. The summed E-state index contributed by atoms with van der Waals surface area (Å²) in [6.07, 6.45) is -0.259. The zero-order valence-electron chi connectivity index (χ0n) is 21.8. The van der Waals surface area contributed by atoms with Gasteiger partial charge in [-0.1, -0.05) is 78.9 Å². The molecule has 0 radical (unpaired) electrons.